The van der Waals surface area contributed by atoms with Crippen molar-refractivity contribution in [3.63, 3.8) is 0 Å². The highest BCUT2D eigenvalue weighted by Crippen LogP contribution is 2.36. The van der Waals surface area contributed by atoms with Crippen molar-refractivity contribution in [3.05, 3.63) is 40.4 Å². The monoisotopic (exact) mass is 558 g/mol. The van der Waals surface area contributed by atoms with E-state index in [9.17, 15) is 31.2 Å². The molecule has 11 nitrogen and oxygen atoms in total. The molecule has 2 aliphatic rings. The molecule has 1 N–H and O–H groups in total. The van der Waals surface area contributed by atoms with Gasteiger partial charge in [-0.15, -0.1) is 0 Å². The van der Waals surface area contributed by atoms with Gasteiger partial charge in [-0.1, -0.05) is 0 Å². The van der Waals surface area contributed by atoms with Gasteiger partial charge in [0.1, 0.15) is 11.4 Å². The number of nitrogens with one attached hydrogen (secondary N) is 1. The molecule has 38 heavy (non-hydrogen) atoms. The first kappa shape index (κ1) is 27.8. The maximum absolute atomic E-state index is 13.5. The molecule has 0 saturated carbocycles. The summed E-state index contributed by atoms with van der Waals surface area (Å²) in [5.74, 6) is 0.546. The summed E-state index contributed by atoms with van der Waals surface area (Å²) in [6, 6.07) is 2.79. The van der Waals surface area contributed by atoms with Crippen LogP contribution in [0.15, 0.2) is 34.2 Å². The van der Waals surface area contributed by atoms with Crippen LogP contribution in [0.3, 0.4) is 0 Å². The Hall–Kier alpha value is -3.20. The SMILES string of the molecule is CS(=O)(=O)c1ccc(N2CCN(C(=O)CCOC[C@@H]3CCCN3c3cn[nH]c(=O)c3C(F)(F)F)CC2)nc1. The maximum atomic E-state index is 13.5. The summed E-state index contributed by atoms with van der Waals surface area (Å²) in [4.78, 5) is 34.0. The number of halogens is 3. The number of rotatable bonds is 8. The molecule has 2 aromatic heterocycles. The predicted molar refractivity (Wildman–Crippen MR) is 132 cm³/mol. The van der Waals surface area contributed by atoms with Gasteiger partial charge in [-0.2, -0.15) is 18.3 Å². The van der Waals surface area contributed by atoms with Crippen LogP contribution in [-0.2, 0) is 25.5 Å². The number of alkyl halides is 3. The Morgan fingerprint density at radius 3 is 2.53 bits per heavy atom. The number of hydrogen-bond acceptors (Lipinski definition) is 9. The van der Waals surface area contributed by atoms with Crippen LogP contribution >= 0.6 is 0 Å². The summed E-state index contributed by atoms with van der Waals surface area (Å²) >= 11 is 0. The normalized spacial score (nSPS) is 18.7. The number of carbonyl (C=O) groups is 1. The molecule has 15 heteroatoms. The summed E-state index contributed by atoms with van der Waals surface area (Å²) in [6.45, 7) is 2.62. The summed E-state index contributed by atoms with van der Waals surface area (Å²) in [7, 11) is -3.32. The molecule has 2 aliphatic heterocycles. The highest BCUT2D eigenvalue weighted by atomic mass is 32.2. The van der Waals surface area contributed by atoms with Crippen molar-refractivity contribution in [3.8, 4) is 0 Å². The molecule has 1 amide bonds. The largest absolute Gasteiger partial charge is 0.423 e. The van der Waals surface area contributed by atoms with Crippen molar-refractivity contribution in [2.45, 2.75) is 36.4 Å². The Kier molecular flexibility index (Phi) is 8.25. The molecular formula is C23H29F3N6O5S. The van der Waals surface area contributed by atoms with E-state index in [0.29, 0.717) is 51.4 Å². The molecule has 0 aromatic carbocycles. The maximum Gasteiger partial charge on any atom is 0.423 e. The molecule has 0 spiro atoms. The number of piperazine rings is 1. The van der Waals surface area contributed by atoms with Crippen LogP contribution in [0.25, 0.3) is 0 Å². The Morgan fingerprint density at radius 2 is 1.89 bits per heavy atom. The molecule has 0 radical (unpaired) electrons. The first-order valence-corrected chi connectivity index (χ1v) is 14.0. The Labute approximate surface area is 217 Å². The topological polar surface area (TPSA) is 129 Å². The second kappa shape index (κ2) is 11.3. The fourth-order valence-corrected chi connectivity index (χ4v) is 5.27. The molecule has 0 bridgehead atoms. The van der Waals surface area contributed by atoms with Gasteiger partial charge in [-0.05, 0) is 25.0 Å². The van der Waals surface area contributed by atoms with E-state index in [1.807, 2.05) is 10.00 Å². The van der Waals surface area contributed by atoms with Crippen molar-refractivity contribution in [2.75, 3.05) is 62.0 Å². The predicted octanol–water partition coefficient (Wildman–Crippen LogP) is 1.31. The number of sulfone groups is 1. The minimum atomic E-state index is -4.81. The van der Waals surface area contributed by atoms with Gasteiger partial charge in [0.25, 0.3) is 5.56 Å². The van der Waals surface area contributed by atoms with E-state index < -0.39 is 27.1 Å². The molecule has 0 unspecified atom stereocenters. The molecule has 2 fully saturated rings. The lowest BCUT2D eigenvalue weighted by Gasteiger charge is -2.35. The smallest absolute Gasteiger partial charge is 0.379 e. The van der Waals surface area contributed by atoms with E-state index in [-0.39, 0.29) is 42.2 Å². The van der Waals surface area contributed by atoms with Gasteiger partial charge in [0, 0.05) is 45.2 Å². The quantitative estimate of drug-likeness (QED) is 0.477. The standard InChI is InChI=1S/C23H29F3N6O5S/c1-38(35,36)17-4-5-19(27-13-17)30-8-10-31(11-9-30)20(33)6-12-37-15-16-3-2-7-32(16)18-14-28-29-22(34)21(18)23(24,25)26/h4-5,13-14,16H,2-3,6-12,15H2,1H3,(H,29,34)/t16-/m0/s1. The van der Waals surface area contributed by atoms with Crippen LogP contribution in [0.5, 0.6) is 0 Å². The third kappa shape index (κ3) is 6.43. The number of hydrogen-bond donors (Lipinski definition) is 1. The summed E-state index contributed by atoms with van der Waals surface area (Å²) in [6.07, 6.45) is 0.0174. The first-order chi connectivity index (χ1) is 17.9. The summed E-state index contributed by atoms with van der Waals surface area (Å²) < 4.78 is 69.3. The number of ether oxygens (including phenoxy) is 1. The highest BCUT2D eigenvalue weighted by molar-refractivity contribution is 7.90. The van der Waals surface area contributed by atoms with Gasteiger partial charge >= 0.3 is 6.18 Å². The third-order valence-corrected chi connectivity index (χ3v) is 7.78. The molecular weight excluding hydrogens is 529 g/mol. The zero-order valence-corrected chi connectivity index (χ0v) is 21.6. The van der Waals surface area contributed by atoms with Crippen LogP contribution in [0.1, 0.15) is 24.8 Å². The van der Waals surface area contributed by atoms with Gasteiger partial charge in [-0.25, -0.2) is 18.5 Å². The number of anilines is 2. The summed E-state index contributed by atoms with van der Waals surface area (Å²) in [5.41, 5.74) is -2.81. The van der Waals surface area contributed by atoms with E-state index in [0.717, 1.165) is 12.5 Å². The molecule has 2 saturated heterocycles. The Balaban J connectivity index is 1.24. The van der Waals surface area contributed by atoms with E-state index in [2.05, 4.69) is 10.1 Å². The number of aromatic nitrogens is 3. The Bertz CT molecular complexity index is 1290. The Morgan fingerprint density at radius 1 is 1.16 bits per heavy atom. The van der Waals surface area contributed by atoms with Crippen LogP contribution in [0.4, 0.5) is 24.7 Å². The van der Waals surface area contributed by atoms with Crippen molar-refractivity contribution in [1.82, 2.24) is 20.1 Å². The zero-order valence-electron chi connectivity index (χ0n) is 20.8. The fourth-order valence-electron chi connectivity index (χ4n) is 4.71. The van der Waals surface area contributed by atoms with Gasteiger partial charge in [0.05, 0.1) is 42.5 Å². The van der Waals surface area contributed by atoms with Crippen LogP contribution in [0, 0.1) is 0 Å². The fraction of sp³-hybridized carbons (Fsp3) is 0.565. The van der Waals surface area contributed by atoms with Gasteiger partial charge in [0.15, 0.2) is 9.84 Å². The van der Waals surface area contributed by atoms with Gasteiger partial charge in [-0.3, -0.25) is 9.59 Å². The van der Waals surface area contributed by atoms with E-state index in [1.165, 1.54) is 17.2 Å². The van der Waals surface area contributed by atoms with Crippen molar-refractivity contribution in [1.29, 1.82) is 0 Å². The molecule has 0 aliphatic carbocycles. The number of nitrogens with zero attached hydrogens (tertiary/aromatic N) is 5. The molecule has 4 rings (SSSR count). The second-order valence-electron chi connectivity index (χ2n) is 9.26. The minimum Gasteiger partial charge on any atom is -0.379 e. The van der Waals surface area contributed by atoms with Gasteiger partial charge < -0.3 is 19.4 Å². The number of aromatic amines is 1. The van der Waals surface area contributed by atoms with Crippen molar-refractivity contribution < 1.29 is 31.1 Å². The van der Waals surface area contributed by atoms with Crippen molar-refractivity contribution in [2.24, 2.45) is 0 Å². The van der Waals surface area contributed by atoms with Crippen LogP contribution < -0.4 is 15.4 Å². The van der Waals surface area contributed by atoms with Crippen LogP contribution in [-0.4, -0.2) is 92.6 Å². The van der Waals surface area contributed by atoms with E-state index >= 15 is 0 Å². The first-order valence-electron chi connectivity index (χ1n) is 12.1. The molecule has 4 heterocycles. The lowest BCUT2D eigenvalue weighted by atomic mass is 10.2. The third-order valence-electron chi connectivity index (χ3n) is 6.68. The number of H-pyrrole nitrogens is 1. The zero-order chi connectivity index (χ0) is 27.5. The van der Waals surface area contributed by atoms with E-state index in [1.54, 1.807) is 11.0 Å². The average molecular weight is 559 g/mol. The number of amides is 1. The molecule has 1 atom stereocenters. The lowest BCUT2D eigenvalue weighted by Crippen LogP contribution is -2.49. The van der Waals surface area contributed by atoms with Crippen LogP contribution in [0.2, 0.25) is 0 Å². The number of carbonyl (C=O) groups excluding carboxylic acids is 1. The number of pyridine rings is 1. The highest BCUT2D eigenvalue weighted by Gasteiger charge is 2.40. The second-order valence-corrected chi connectivity index (χ2v) is 11.3. The molecule has 2 aromatic rings. The van der Waals surface area contributed by atoms with E-state index in [4.69, 9.17) is 4.74 Å². The molecule has 208 valence electrons. The van der Waals surface area contributed by atoms with Gasteiger partial charge in [0.2, 0.25) is 5.91 Å². The lowest BCUT2D eigenvalue weighted by molar-refractivity contribution is -0.138. The van der Waals surface area contributed by atoms with Crippen molar-refractivity contribution >= 4 is 27.2 Å². The average Bonchev–Trinajstić information content (AvgIpc) is 3.34. The summed E-state index contributed by atoms with van der Waals surface area (Å²) in [5, 5.41) is 5.39. The minimum absolute atomic E-state index is 0.0912.